The Bertz CT molecular complexity index is 524. The highest BCUT2D eigenvalue weighted by molar-refractivity contribution is 5.46. The second kappa shape index (κ2) is 4.63. The van der Waals surface area contributed by atoms with Gasteiger partial charge < -0.3 is 9.84 Å². The first-order chi connectivity index (χ1) is 8.47. The quantitative estimate of drug-likeness (QED) is 0.863. The molecule has 0 atom stereocenters. The Morgan fingerprint density at radius 2 is 2.06 bits per heavy atom. The zero-order valence-electron chi connectivity index (χ0n) is 8.83. The lowest BCUT2D eigenvalue weighted by molar-refractivity contribution is -0.137. The van der Waals surface area contributed by atoms with Gasteiger partial charge in [-0.25, -0.2) is 4.39 Å². The van der Waals surface area contributed by atoms with Crippen molar-refractivity contribution in [3.63, 3.8) is 0 Å². The maximum absolute atomic E-state index is 13.4. The van der Waals surface area contributed by atoms with Gasteiger partial charge in [-0.1, -0.05) is 5.16 Å². The van der Waals surface area contributed by atoms with Gasteiger partial charge in [0, 0.05) is 0 Å². The Hall–Kier alpha value is -2.12. The molecule has 0 saturated heterocycles. The van der Waals surface area contributed by atoms with Crippen LogP contribution in [0, 0.1) is 5.82 Å². The number of benzene rings is 1. The summed E-state index contributed by atoms with van der Waals surface area (Å²) in [7, 11) is 0. The van der Waals surface area contributed by atoms with Crippen molar-refractivity contribution < 1.29 is 22.1 Å². The van der Waals surface area contributed by atoms with Gasteiger partial charge in [0.2, 0.25) is 6.39 Å². The lowest BCUT2D eigenvalue weighted by atomic mass is 10.2. The Morgan fingerprint density at radius 3 is 2.61 bits per heavy atom. The maximum Gasteiger partial charge on any atom is 0.416 e. The normalized spacial score (nSPS) is 11.6. The van der Waals surface area contributed by atoms with Gasteiger partial charge in [-0.2, -0.15) is 18.2 Å². The molecule has 96 valence electrons. The zero-order chi connectivity index (χ0) is 13.2. The molecule has 0 aliphatic heterocycles. The van der Waals surface area contributed by atoms with Gasteiger partial charge in [-0.3, -0.25) is 0 Å². The van der Waals surface area contributed by atoms with Crippen molar-refractivity contribution in [3.05, 3.63) is 41.8 Å². The number of alkyl halides is 3. The van der Waals surface area contributed by atoms with E-state index < -0.39 is 17.6 Å². The SMILES string of the molecule is Fc1cc(C(F)(F)F)ccc1NCc1ncon1. The van der Waals surface area contributed by atoms with E-state index in [4.69, 9.17) is 0 Å². The molecule has 8 heteroatoms. The number of aromatic nitrogens is 2. The fraction of sp³-hybridized carbons (Fsp3) is 0.200. The molecule has 1 aromatic heterocycles. The van der Waals surface area contributed by atoms with Crippen molar-refractivity contribution in [2.45, 2.75) is 12.7 Å². The molecule has 18 heavy (non-hydrogen) atoms. The van der Waals surface area contributed by atoms with Crippen molar-refractivity contribution in [3.8, 4) is 0 Å². The van der Waals surface area contributed by atoms with Crippen LogP contribution in [0.1, 0.15) is 11.4 Å². The monoisotopic (exact) mass is 261 g/mol. The predicted molar refractivity (Wildman–Crippen MR) is 53.0 cm³/mol. The molecule has 0 aliphatic rings. The fourth-order valence-corrected chi connectivity index (χ4v) is 1.28. The molecule has 1 heterocycles. The number of rotatable bonds is 3. The molecule has 4 nitrogen and oxygen atoms in total. The summed E-state index contributed by atoms with van der Waals surface area (Å²) in [6.45, 7) is 0.0543. The van der Waals surface area contributed by atoms with Gasteiger partial charge in [0.25, 0.3) is 0 Å². The van der Waals surface area contributed by atoms with E-state index >= 15 is 0 Å². The molecular weight excluding hydrogens is 254 g/mol. The molecule has 0 bridgehead atoms. The average Bonchev–Trinajstić information content (AvgIpc) is 2.79. The Kier molecular flexibility index (Phi) is 3.17. The molecule has 1 aromatic carbocycles. The van der Waals surface area contributed by atoms with Crippen LogP contribution in [0.2, 0.25) is 0 Å². The van der Waals surface area contributed by atoms with Gasteiger partial charge >= 0.3 is 6.18 Å². The fourth-order valence-electron chi connectivity index (χ4n) is 1.28. The summed E-state index contributed by atoms with van der Waals surface area (Å²) in [6.07, 6.45) is -3.47. The topological polar surface area (TPSA) is 51.0 Å². The average molecular weight is 261 g/mol. The predicted octanol–water partition coefficient (Wildman–Crippen LogP) is 2.84. The smallest absolute Gasteiger partial charge is 0.375 e. The van der Waals surface area contributed by atoms with Gasteiger partial charge in [-0.05, 0) is 18.2 Å². The number of hydrogen-bond acceptors (Lipinski definition) is 4. The lowest BCUT2D eigenvalue weighted by Gasteiger charge is -2.09. The molecule has 0 fully saturated rings. The molecule has 0 unspecified atom stereocenters. The summed E-state index contributed by atoms with van der Waals surface area (Å²) in [6, 6.07) is 2.23. The van der Waals surface area contributed by atoms with E-state index in [0.29, 0.717) is 6.07 Å². The molecule has 0 aliphatic carbocycles. The number of hydrogen-bond donors (Lipinski definition) is 1. The zero-order valence-corrected chi connectivity index (χ0v) is 8.83. The van der Waals surface area contributed by atoms with E-state index in [1.165, 1.54) is 0 Å². The second-order valence-electron chi connectivity index (χ2n) is 3.39. The maximum atomic E-state index is 13.4. The first kappa shape index (κ1) is 12.3. The molecule has 0 saturated carbocycles. The van der Waals surface area contributed by atoms with Gasteiger partial charge in [-0.15, -0.1) is 0 Å². The number of nitrogens with zero attached hydrogens (tertiary/aromatic N) is 2. The summed E-state index contributed by atoms with van der Waals surface area (Å²) in [4.78, 5) is 3.68. The number of nitrogens with one attached hydrogen (secondary N) is 1. The summed E-state index contributed by atoms with van der Waals surface area (Å²) in [5.41, 5.74) is -1.10. The Balaban J connectivity index is 2.10. The van der Waals surface area contributed by atoms with Crippen LogP contribution in [0.5, 0.6) is 0 Å². The van der Waals surface area contributed by atoms with Crippen molar-refractivity contribution in [2.24, 2.45) is 0 Å². The second-order valence-corrected chi connectivity index (χ2v) is 3.39. The standard InChI is InChI=1S/C10H7F4N3O/c11-7-3-6(10(12,13)14)1-2-8(7)15-4-9-16-5-18-17-9/h1-3,5,15H,4H2. The van der Waals surface area contributed by atoms with E-state index in [1.807, 2.05) is 0 Å². The van der Waals surface area contributed by atoms with E-state index in [2.05, 4.69) is 20.0 Å². The summed E-state index contributed by atoms with van der Waals surface area (Å²) >= 11 is 0. The van der Waals surface area contributed by atoms with Gasteiger partial charge in [0.15, 0.2) is 5.82 Å². The number of halogens is 4. The Labute approximate surface area is 98.6 Å². The largest absolute Gasteiger partial charge is 0.416 e. The van der Waals surface area contributed by atoms with E-state index in [0.717, 1.165) is 18.5 Å². The van der Waals surface area contributed by atoms with Crippen LogP contribution in [-0.4, -0.2) is 10.1 Å². The summed E-state index contributed by atoms with van der Waals surface area (Å²) < 4.78 is 54.7. The first-order valence-corrected chi connectivity index (χ1v) is 4.82. The summed E-state index contributed by atoms with van der Waals surface area (Å²) in [5.74, 6) is -0.720. The molecule has 1 N–H and O–H groups in total. The van der Waals surface area contributed by atoms with Crippen molar-refractivity contribution in [1.29, 1.82) is 0 Å². The van der Waals surface area contributed by atoms with Gasteiger partial charge in [0.1, 0.15) is 5.82 Å². The minimum Gasteiger partial charge on any atom is -0.375 e. The minimum absolute atomic E-state index is 0.0543. The molecular formula is C10H7F4N3O. The third-order valence-electron chi connectivity index (χ3n) is 2.14. The van der Waals surface area contributed by atoms with Crippen LogP contribution < -0.4 is 5.32 Å². The highest BCUT2D eigenvalue weighted by Gasteiger charge is 2.31. The Morgan fingerprint density at radius 1 is 1.28 bits per heavy atom. The molecule has 2 aromatic rings. The van der Waals surface area contributed by atoms with E-state index in [-0.39, 0.29) is 18.1 Å². The van der Waals surface area contributed by atoms with Crippen LogP contribution in [0.4, 0.5) is 23.2 Å². The van der Waals surface area contributed by atoms with E-state index in [1.54, 1.807) is 0 Å². The van der Waals surface area contributed by atoms with Crippen LogP contribution >= 0.6 is 0 Å². The van der Waals surface area contributed by atoms with Crippen molar-refractivity contribution in [2.75, 3.05) is 5.32 Å². The highest BCUT2D eigenvalue weighted by Crippen LogP contribution is 2.31. The minimum atomic E-state index is -4.56. The molecule has 0 amide bonds. The lowest BCUT2D eigenvalue weighted by Crippen LogP contribution is -2.07. The summed E-state index contributed by atoms with van der Waals surface area (Å²) in [5, 5.41) is 6.03. The van der Waals surface area contributed by atoms with Crippen molar-refractivity contribution >= 4 is 5.69 Å². The molecule has 0 spiro atoms. The van der Waals surface area contributed by atoms with Crippen LogP contribution in [0.25, 0.3) is 0 Å². The highest BCUT2D eigenvalue weighted by atomic mass is 19.4. The third kappa shape index (κ3) is 2.76. The third-order valence-corrected chi connectivity index (χ3v) is 2.14. The van der Waals surface area contributed by atoms with Crippen LogP contribution in [0.3, 0.4) is 0 Å². The number of anilines is 1. The van der Waals surface area contributed by atoms with Crippen LogP contribution in [0.15, 0.2) is 29.1 Å². The molecule has 2 rings (SSSR count). The van der Waals surface area contributed by atoms with Crippen molar-refractivity contribution in [1.82, 2.24) is 10.1 Å². The first-order valence-electron chi connectivity index (χ1n) is 4.82. The van der Waals surface area contributed by atoms with E-state index in [9.17, 15) is 17.6 Å². The molecule has 0 radical (unpaired) electrons. The van der Waals surface area contributed by atoms with Gasteiger partial charge in [0.05, 0.1) is 17.8 Å². The van der Waals surface area contributed by atoms with Crippen LogP contribution in [-0.2, 0) is 12.7 Å².